The van der Waals surface area contributed by atoms with Crippen LogP contribution in [0, 0.1) is 5.92 Å². The van der Waals surface area contributed by atoms with Crippen LogP contribution in [0.2, 0.25) is 0 Å². The summed E-state index contributed by atoms with van der Waals surface area (Å²) < 4.78 is 23.4. The number of nitrogens with zero attached hydrogens (tertiary/aromatic N) is 1. The van der Waals surface area contributed by atoms with E-state index >= 15 is 0 Å². The zero-order chi connectivity index (χ0) is 23.8. The first-order chi connectivity index (χ1) is 16.6. The van der Waals surface area contributed by atoms with Crippen LogP contribution in [0.1, 0.15) is 34.7 Å². The van der Waals surface area contributed by atoms with Gasteiger partial charge in [0.05, 0.1) is 23.7 Å². The Hall–Kier alpha value is -2.90. The summed E-state index contributed by atoms with van der Waals surface area (Å²) in [5.74, 6) is 2.22. The molecule has 1 aliphatic rings. The van der Waals surface area contributed by atoms with Crippen LogP contribution in [0.3, 0.4) is 0 Å². The fraction of sp³-hybridized carbons (Fsp3) is 0.370. The number of likely N-dealkylation sites (tertiary alicyclic amines) is 1. The molecule has 180 valence electrons. The lowest BCUT2D eigenvalue weighted by atomic mass is 9.90. The molecule has 0 aliphatic carbocycles. The standard InChI is InChI=1S/C27H32N2O4S/c1-32-23-7-10-25(11-8-23)34(31)20-24-9-12-26(33-24)27(30)28-15-18-29-16-13-22(14-17-29)19-21-5-3-2-4-6-21/h2-12,22H,13-20H2,1H3,(H,28,30)/t34-/m0/s1. The molecule has 2 heterocycles. The molecule has 0 radical (unpaired) electrons. The van der Waals surface area contributed by atoms with Crippen molar-refractivity contribution in [3.05, 3.63) is 83.8 Å². The number of hydrogen-bond donors (Lipinski definition) is 1. The number of ether oxygens (including phenoxy) is 1. The molecule has 1 amide bonds. The van der Waals surface area contributed by atoms with Gasteiger partial charge in [0.1, 0.15) is 11.5 Å². The van der Waals surface area contributed by atoms with Crippen LogP contribution in [0.15, 0.2) is 76.0 Å². The minimum atomic E-state index is -1.26. The Balaban J connectivity index is 1.17. The van der Waals surface area contributed by atoms with E-state index < -0.39 is 10.8 Å². The lowest BCUT2D eigenvalue weighted by molar-refractivity contribution is 0.0915. The number of rotatable bonds is 10. The molecule has 0 saturated carbocycles. The van der Waals surface area contributed by atoms with Gasteiger partial charge >= 0.3 is 0 Å². The highest BCUT2D eigenvalue weighted by Gasteiger charge is 2.20. The van der Waals surface area contributed by atoms with Crippen LogP contribution >= 0.6 is 0 Å². The number of methoxy groups -OCH3 is 1. The molecule has 34 heavy (non-hydrogen) atoms. The van der Waals surface area contributed by atoms with E-state index in [-0.39, 0.29) is 17.4 Å². The molecule has 0 unspecified atom stereocenters. The molecule has 4 rings (SSSR count). The first-order valence-electron chi connectivity index (χ1n) is 11.8. The topological polar surface area (TPSA) is 71.8 Å². The molecule has 1 saturated heterocycles. The molecule has 3 aromatic rings. The van der Waals surface area contributed by atoms with Crippen molar-refractivity contribution in [3.8, 4) is 5.75 Å². The number of piperidine rings is 1. The minimum absolute atomic E-state index is 0.220. The third kappa shape index (κ3) is 6.81. The van der Waals surface area contributed by atoms with Crippen LogP contribution in [0.5, 0.6) is 5.75 Å². The Morgan fingerprint density at radius 3 is 2.50 bits per heavy atom. The summed E-state index contributed by atoms with van der Waals surface area (Å²) in [5.41, 5.74) is 1.42. The van der Waals surface area contributed by atoms with E-state index in [0.29, 0.717) is 22.9 Å². The van der Waals surface area contributed by atoms with Crippen molar-refractivity contribution in [2.75, 3.05) is 33.3 Å². The zero-order valence-electron chi connectivity index (χ0n) is 19.6. The van der Waals surface area contributed by atoms with Gasteiger partial charge in [0.2, 0.25) is 0 Å². The smallest absolute Gasteiger partial charge is 0.287 e. The summed E-state index contributed by atoms with van der Waals surface area (Å²) in [6, 6.07) is 21.2. The second kappa shape index (κ2) is 12.0. The average molecular weight is 481 g/mol. The monoisotopic (exact) mass is 480 g/mol. The number of hydrogen-bond acceptors (Lipinski definition) is 5. The van der Waals surface area contributed by atoms with E-state index in [4.69, 9.17) is 9.15 Å². The highest BCUT2D eigenvalue weighted by atomic mass is 32.2. The number of amides is 1. The maximum atomic E-state index is 12.6. The summed E-state index contributed by atoms with van der Waals surface area (Å²) in [7, 11) is 0.336. The van der Waals surface area contributed by atoms with Crippen molar-refractivity contribution in [1.29, 1.82) is 0 Å². The molecule has 2 aromatic carbocycles. The van der Waals surface area contributed by atoms with Crippen molar-refractivity contribution in [2.24, 2.45) is 5.92 Å². The summed E-state index contributed by atoms with van der Waals surface area (Å²) in [5, 5.41) is 2.94. The molecule has 0 bridgehead atoms. The summed E-state index contributed by atoms with van der Waals surface area (Å²) >= 11 is 0. The van der Waals surface area contributed by atoms with Crippen LogP contribution in [-0.4, -0.2) is 48.3 Å². The van der Waals surface area contributed by atoms with E-state index in [1.807, 2.05) is 0 Å². The van der Waals surface area contributed by atoms with Crippen LogP contribution < -0.4 is 10.1 Å². The van der Waals surface area contributed by atoms with Crippen molar-refractivity contribution in [3.63, 3.8) is 0 Å². The third-order valence-corrected chi connectivity index (χ3v) is 7.61. The largest absolute Gasteiger partial charge is 0.497 e. The Kier molecular flexibility index (Phi) is 8.55. The second-order valence-corrected chi connectivity index (χ2v) is 10.1. The van der Waals surface area contributed by atoms with E-state index in [1.165, 1.54) is 18.4 Å². The summed E-state index contributed by atoms with van der Waals surface area (Å²) in [6.07, 6.45) is 3.53. The van der Waals surface area contributed by atoms with Gasteiger partial charge in [-0.2, -0.15) is 0 Å². The summed E-state index contributed by atoms with van der Waals surface area (Å²) in [4.78, 5) is 15.6. The van der Waals surface area contributed by atoms with E-state index in [2.05, 4.69) is 40.5 Å². The SMILES string of the molecule is COc1ccc([S@@](=O)Cc2ccc(C(=O)NCCN3CCC(Cc4ccccc4)CC3)o2)cc1. The Bertz CT molecular complexity index is 1070. The average Bonchev–Trinajstić information content (AvgIpc) is 3.34. The summed E-state index contributed by atoms with van der Waals surface area (Å²) in [6.45, 7) is 3.54. The van der Waals surface area contributed by atoms with Gasteiger partial charge in [-0.25, -0.2) is 0 Å². The number of nitrogens with one attached hydrogen (secondary N) is 1. The fourth-order valence-corrected chi connectivity index (χ4v) is 5.31. The first-order valence-corrected chi connectivity index (χ1v) is 13.1. The normalized spacial score (nSPS) is 15.7. The lowest BCUT2D eigenvalue weighted by Crippen LogP contribution is -2.39. The van der Waals surface area contributed by atoms with Gasteiger partial charge in [-0.05, 0) is 80.2 Å². The van der Waals surface area contributed by atoms with Crippen molar-refractivity contribution < 1.29 is 18.2 Å². The molecular formula is C27H32N2O4S. The van der Waals surface area contributed by atoms with Crippen molar-refractivity contribution in [2.45, 2.75) is 29.9 Å². The molecule has 7 heteroatoms. The minimum Gasteiger partial charge on any atom is -0.497 e. The van der Waals surface area contributed by atoms with E-state index in [9.17, 15) is 9.00 Å². The Morgan fingerprint density at radius 1 is 1.06 bits per heavy atom. The maximum Gasteiger partial charge on any atom is 0.287 e. The molecule has 0 spiro atoms. The van der Waals surface area contributed by atoms with Gasteiger partial charge in [0.15, 0.2) is 5.76 Å². The van der Waals surface area contributed by atoms with E-state index in [0.717, 1.165) is 32.0 Å². The molecule has 1 aromatic heterocycles. The lowest BCUT2D eigenvalue weighted by Gasteiger charge is -2.32. The van der Waals surface area contributed by atoms with Crippen LogP contribution in [0.4, 0.5) is 0 Å². The van der Waals surface area contributed by atoms with Gasteiger partial charge in [0, 0.05) is 18.0 Å². The fourth-order valence-electron chi connectivity index (χ4n) is 4.29. The van der Waals surface area contributed by atoms with Crippen molar-refractivity contribution in [1.82, 2.24) is 10.2 Å². The molecule has 1 N–H and O–H groups in total. The number of benzene rings is 2. The molecule has 6 nitrogen and oxygen atoms in total. The van der Waals surface area contributed by atoms with Gasteiger partial charge < -0.3 is 19.4 Å². The Labute approximate surface area is 203 Å². The van der Waals surface area contributed by atoms with Crippen LogP contribution in [0.25, 0.3) is 0 Å². The molecular weight excluding hydrogens is 448 g/mol. The highest BCUT2D eigenvalue weighted by molar-refractivity contribution is 7.84. The highest BCUT2D eigenvalue weighted by Crippen LogP contribution is 2.21. The van der Waals surface area contributed by atoms with Gasteiger partial charge in [-0.15, -0.1) is 0 Å². The Morgan fingerprint density at radius 2 is 1.79 bits per heavy atom. The number of furan rings is 1. The third-order valence-electron chi connectivity index (χ3n) is 6.27. The second-order valence-electron chi connectivity index (χ2n) is 8.66. The molecule has 1 atom stereocenters. The molecule has 1 aliphatic heterocycles. The maximum absolute atomic E-state index is 12.6. The van der Waals surface area contributed by atoms with E-state index in [1.54, 1.807) is 43.5 Å². The quantitative estimate of drug-likeness (QED) is 0.469. The van der Waals surface area contributed by atoms with Gasteiger partial charge in [0.25, 0.3) is 5.91 Å². The zero-order valence-corrected chi connectivity index (χ0v) is 20.4. The van der Waals surface area contributed by atoms with Crippen molar-refractivity contribution >= 4 is 16.7 Å². The molecule has 1 fully saturated rings. The predicted octanol–water partition coefficient (Wildman–Crippen LogP) is 4.28. The van der Waals surface area contributed by atoms with Gasteiger partial charge in [-0.3, -0.25) is 9.00 Å². The van der Waals surface area contributed by atoms with Crippen LogP contribution in [-0.2, 0) is 23.0 Å². The number of carbonyl (C=O) groups is 1. The number of carbonyl (C=O) groups excluding carboxylic acids is 1. The first kappa shape index (κ1) is 24.2. The van der Waals surface area contributed by atoms with Gasteiger partial charge in [-0.1, -0.05) is 30.3 Å². The predicted molar refractivity (Wildman–Crippen MR) is 133 cm³/mol.